The van der Waals surface area contributed by atoms with Gasteiger partial charge in [0, 0.05) is 23.8 Å². The zero-order valence-electron chi connectivity index (χ0n) is 11.5. The molecule has 2 N–H and O–H groups in total. The van der Waals surface area contributed by atoms with Gasteiger partial charge in [0.1, 0.15) is 0 Å². The van der Waals surface area contributed by atoms with Crippen LogP contribution in [0.25, 0.3) is 11.4 Å². The monoisotopic (exact) mass is 327 g/mol. The summed E-state index contributed by atoms with van der Waals surface area (Å²) >= 11 is 12.3. The molecule has 2 heterocycles. The van der Waals surface area contributed by atoms with Crippen molar-refractivity contribution in [2.45, 2.75) is 26.0 Å². The Morgan fingerprint density at radius 2 is 2.24 bits per heavy atom. The van der Waals surface area contributed by atoms with Gasteiger partial charge in [-0.05, 0) is 35.9 Å². The van der Waals surface area contributed by atoms with Crippen LogP contribution in [0.5, 0.6) is 0 Å². The third-order valence-electron chi connectivity index (χ3n) is 3.76. The van der Waals surface area contributed by atoms with Crippen molar-refractivity contribution in [2.24, 2.45) is 5.92 Å². The van der Waals surface area contributed by atoms with Crippen molar-refractivity contribution in [1.29, 1.82) is 0 Å². The number of benzene rings is 1. The van der Waals surface area contributed by atoms with Gasteiger partial charge >= 0.3 is 0 Å². The number of halogens is 2. The summed E-state index contributed by atoms with van der Waals surface area (Å²) in [5, 5.41) is 12.6. The molecular formula is C13H15Cl2N5O. The molecule has 3 rings (SSSR count). The molecule has 2 unspecified atom stereocenters. The van der Waals surface area contributed by atoms with Gasteiger partial charge in [0.15, 0.2) is 5.82 Å². The maximum absolute atomic E-state index is 6.25. The number of hydrogen-bond donors (Lipinski definition) is 1. The second-order valence-corrected chi connectivity index (χ2v) is 5.96. The van der Waals surface area contributed by atoms with E-state index in [1.807, 2.05) is 0 Å². The lowest BCUT2D eigenvalue weighted by Gasteiger charge is -2.15. The molecule has 0 bridgehead atoms. The number of ether oxygens (including phenoxy) is 1. The first-order chi connectivity index (χ1) is 10.1. The lowest BCUT2D eigenvalue weighted by molar-refractivity contribution is 0.101. The zero-order chi connectivity index (χ0) is 15.0. The van der Waals surface area contributed by atoms with E-state index in [4.69, 9.17) is 33.7 Å². The molecule has 0 amide bonds. The number of nitrogen functional groups attached to an aromatic ring is 1. The summed E-state index contributed by atoms with van der Waals surface area (Å²) in [7, 11) is 0. The molecule has 1 aromatic carbocycles. The predicted octanol–water partition coefficient (Wildman–Crippen LogP) is 2.65. The Morgan fingerprint density at radius 3 is 2.95 bits per heavy atom. The van der Waals surface area contributed by atoms with Gasteiger partial charge in [0.2, 0.25) is 0 Å². The van der Waals surface area contributed by atoms with E-state index in [0.29, 0.717) is 39.6 Å². The first-order valence-electron chi connectivity index (χ1n) is 6.69. The molecule has 1 saturated heterocycles. The maximum Gasteiger partial charge on any atom is 0.183 e. The number of nitrogens with two attached hydrogens (primary N) is 1. The Labute approximate surface area is 132 Å². The summed E-state index contributed by atoms with van der Waals surface area (Å²) in [6.07, 6.45) is 1.19. The van der Waals surface area contributed by atoms with Crippen LogP contribution in [-0.2, 0) is 11.3 Å². The average Bonchev–Trinajstić information content (AvgIpc) is 3.05. The van der Waals surface area contributed by atoms with E-state index in [2.05, 4.69) is 22.4 Å². The minimum atomic E-state index is 0.196. The van der Waals surface area contributed by atoms with Gasteiger partial charge in [-0.25, -0.2) is 4.68 Å². The molecule has 1 aromatic heterocycles. The Kier molecular flexibility index (Phi) is 4.01. The van der Waals surface area contributed by atoms with E-state index in [1.165, 1.54) is 0 Å². The molecule has 6 nitrogen and oxygen atoms in total. The van der Waals surface area contributed by atoms with Crippen molar-refractivity contribution in [3.05, 3.63) is 22.2 Å². The third kappa shape index (κ3) is 2.84. The Bertz CT molecular complexity index is 660. The molecule has 0 spiro atoms. The first kappa shape index (κ1) is 14.6. The fourth-order valence-corrected chi connectivity index (χ4v) is 2.95. The van der Waals surface area contributed by atoms with E-state index in [-0.39, 0.29) is 6.10 Å². The van der Waals surface area contributed by atoms with Crippen LogP contribution in [0.15, 0.2) is 12.1 Å². The van der Waals surface area contributed by atoms with Crippen LogP contribution in [0, 0.1) is 5.92 Å². The van der Waals surface area contributed by atoms with Crippen LogP contribution in [0.4, 0.5) is 5.69 Å². The van der Waals surface area contributed by atoms with Gasteiger partial charge in [0.05, 0.1) is 22.7 Å². The van der Waals surface area contributed by atoms with E-state index < -0.39 is 0 Å². The van der Waals surface area contributed by atoms with Gasteiger partial charge in [0.25, 0.3) is 0 Å². The fourth-order valence-electron chi connectivity index (χ4n) is 2.53. The highest BCUT2D eigenvalue weighted by Crippen LogP contribution is 2.35. The number of nitrogens with zero attached hydrogens (tertiary/aromatic N) is 4. The summed E-state index contributed by atoms with van der Waals surface area (Å²) in [4.78, 5) is 0. The predicted molar refractivity (Wildman–Crippen MR) is 81.2 cm³/mol. The summed E-state index contributed by atoms with van der Waals surface area (Å²) in [5.74, 6) is 0.941. The van der Waals surface area contributed by atoms with Gasteiger partial charge in [-0.3, -0.25) is 0 Å². The Hall–Kier alpha value is -1.37. The highest BCUT2D eigenvalue weighted by Gasteiger charge is 2.26. The third-order valence-corrected chi connectivity index (χ3v) is 4.57. The van der Waals surface area contributed by atoms with E-state index >= 15 is 0 Å². The molecular weight excluding hydrogens is 313 g/mol. The zero-order valence-corrected chi connectivity index (χ0v) is 13.0. The molecule has 1 aliphatic heterocycles. The summed E-state index contributed by atoms with van der Waals surface area (Å²) in [5.41, 5.74) is 6.99. The molecule has 1 aliphatic rings. The Morgan fingerprint density at radius 1 is 1.43 bits per heavy atom. The molecule has 0 saturated carbocycles. The molecule has 1 fully saturated rings. The second-order valence-electron chi connectivity index (χ2n) is 5.17. The number of rotatable bonds is 3. The SMILES string of the molecule is CC1OCCC1Cn1nnnc1-c1cc(N)cc(Cl)c1Cl. The van der Waals surface area contributed by atoms with Crippen LogP contribution >= 0.6 is 23.2 Å². The average molecular weight is 328 g/mol. The van der Waals surface area contributed by atoms with Crippen molar-refractivity contribution in [2.75, 3.05) is 12.3 Å². The van der Waals surface area contributed by atoms with Crippen LogP contribution in [0.3, 0.4) is 0 Å². The van der Waals surface area contributed by atoms with Crippen molar-refractivity contribution in [1.82, 2.24) is 20.2 Å². The highest BCUT2D eigenvalue weighted by atomic mass is 35.5. The van der Waals surface area contributed by atoms with Gasteiger partial charge < -0.3 is 10.5 Å². The van der Waals surface area contributed by atoms with Gasteiger partial charge in [-0.2, -0.15) is 0 Å². The topological polar surface area (TPSA) is 78.8 Å². The summed E-state index contributed by atoms with van der Waals surface area (Å²) in [6, 6.07) is 3.33. The highest BCUT2D eigenvalue weighted by molar-refractivity contribution is 6.43. The van der Waals surface area contributed by atoms with E-state index in [9.17, 15) is 0 Å². The summed E-state index contributed by atoms with van der Waals surface area (Å²) < 4.78 is 7.30. The smallest absolute Gasteiger partial charge is 0.183 e. The van der Waals surface area contributed by atoms with Crippen molar-refractivity contribution in [3.63, 3.8) is 0 Å². The van der Waals surface area contributed by atoms with Crippen molar-refractivity contribution >= 4 is 28.9 Å². The normalized spacial score (nSPS) is 21.9. The molecule has 0 aliphatic carbocycles. The van der Waals surface area contributed by atoms with E-state index in [1.54, 1.807) is 16.8 Å². The largest absolute Gasteiger partial charge is 0.399 e. The van der Waals surface area contributed by atoms with Crippen LogP contribution in [0.2, 0.25) is 10.0 Å². The van der Waals surface area contributed by atoms with Gasteiger partial charge in [-0.1, -0.05) is 23.2 Å². The minimum Gasteiger partial charge on any atom is -0.399 e. The van der Waals surface area contributed by atoms with Crippen molar-refractivity contribution < 1.29 is 4.74 Å². The lowest BCUT2D eigenvalue weighted by Crippen LogP contribution is -2.19. The number of anilines is 1. The molecule has 112 valence electrons. The number of tetrazole rings is 1. The van der Waals surface area contributed by atoms with Gasteiger partial charge in [-0.15, -0.1) is 5.10 Å². The van der Waals surface area contributed by atoms with E-state index in [0.717, 1.165) is 13.0 Å². The van der Waals surface area contributed by atoms with Crippen LogP contribution in [-0.4, -0.2) is 32.9 Å². The fraction of sp³-hybridized carbons (Fsp3) is 0.462. The Balaban J connectivity index is 1.95. The standard InChI is InChI=1S/C13H15Cl2N5O/c1-7-8(2-3-21-7)6-20-13(17-18-19-20)10-4-9(16)5-11(14)12(10)15/h4-5,7-8H,2-3,6,16H2,1H3. The molecule has 0 radical (unpaired) electrons. The number of hydrogen-bond acceptors (Lipinski definition) is 5. The second kappa shape index (κ2) is 5.79. The molecule has 21 heavy (non-hydrogen) atoms. The maximum atomic E-state index is 6.25. The molecule has 2 aromatic rings. The first-order valence-corrected chi connectivity index (χ1v) is 7.44. The van der Waals surface area contributed by atoms with Crippen LogP contribution in [0.1, 0.15) is 13.3 Å². The molecule has 8 heteroatoms. The number of aromatic nitrogens is 4. The summed E-state index contributed by atoms with van der Waals surface area (Å²) in [6.45, 7) is 3.51. The molecule has 2 atom stereocenters. The van der Waals surface area contributed by atoms with Crippen molar-refractivity contribution in [3.8, 4) is 11.4 Å². The lowest BCUT2D eigenvalue weighted by atomic mass is 10.0. The minimum absolute atomic E-state index is 0.196. The quantitative estimate of drug-likeness (QED) is 0.876. The van der Waals surface area contributed by atoms with Crippen LogP contribution < -0.4 is 5.73 Å².